The second kappa shape index (κ2) is 6.92. The van der Waals surface area contributed by atoms with Crippen LogP contribution in [0.25, 0.3) is 0 Å². The highest BCUT2D eigenvalue weighted by molar-refractivity contribution is 5.55. The number of rotatable bonds is 7. The molecule has 19 heavy (non-hydrogen) atoms. The Morgan fingerprint density at radius 1 is 1.37 bits per heavy atom. The van der Waals surface area contributed by atoms with Gasteiger partial charge >= 0.3 is 0 Å². The van der Waals surface area contributed by atoms with Crippen LogP contribution in [0.2, 0.25) is 0 Å². The topological polar surface area (TPSA) is 24.5 Å². The van der Waals surface area contributed by atoms with Gasteiger partial charge < -0.3 is 15.0 Å². The van der Waals surface area contributed by atoms with Crippen LogP contribution < -0.4 is 10.2 Å². The van der Waals surface area contributed by atoms with E-state index in [2.05, 4.69) is 42.4 Å². The third kappa shape index (κ3) is 3.71. The molecule has 2 rings (SSSR count). The molecule has 1 saturated carbocycles. The van der Waals surface area contributed by atoms with Crippen molar-refractivity contribution < 1.29 is 4.74 Å². The van der Waals surface area contributed by atoms with Gasteiger partial charge in [0.25, 0.3) is 0 Å². The summed E-state index contributed by atoms with van der Waals surface area (Å²) in [6.07, 6.45) is 4.05. The summed E-state index contributed by atoms with van der Waals surface area (Å²) in [7, 11) is 3.97. The maximum Gasteiger partial charge on any atom is 0.0587 e. The van der Waals surface area contributed by atoms with Crippen LogP contribution in [-0.2, 0) is 11.3 Å². The fraction of sp³-hybridized carbons (Fsp3) is 0.625. The van der Waals surface area contributed by atoms with Crippen molar-refractivity contribution in [3.63, 3.8) is 0 Å². The molecule has 0 spiro atoms. The van der Waals surface area contributed by atoms with Gasteiger partial charge in [-0.05, 0) is 37.8 Å². The summed E-state index contributed by atoms with van der Waals surface area (Å²) in [4.78, 5) is 2.45. The molecule has 0 unspecified atom stereocenters. The molecular formula is C16H26N2O. The van der Waals surface area contributed by atoms with E-state index < -0.39 is 0 Å². The van der Waals surface area contributed by atoms with Gasteiger partial charge in [0.15, 0.2) is 0 Å². The van der Waals surface area contributed by atoms with Crippen molar-refractivity contribution in [3.8, 4) is 0 Å². The normalized spacial score (nSPS) is 15.3. The van der Waals surface area contributed by atoms with E-state index in [9.17, 15) is 0 Å². The highest BCUT2D eigenvalue weighted by atomic mass is 16.5. The number of hydrogen-bond donors (Lipinski definition) is 1. The van der Waals surface area contributed by atoms with Gasteiger partial charge in [-0.3, -0.25) is 0 Å². The summed E-state index contributed by atoms with van der Waals surface area (Å²) in [5.41, 5.74) is 4.10. The molecule has 1 aromatic rings. The summed E-state index contributed by atoms with van der Waals surface area (Å²) >= 11 is 0. The molecule has 1 aliphatic carbocycles. The Kier molecular flexibility index (Phi) is 5.23. The van der Waals surface area contributed by atoms with E-state index >= 15 is 0 Å². The van der Waals surface area contributed by atoms with Crippen LogP contribution in [0, 0.1) is 6.92 Å². The van der Waals surface area contributed by atoms with E-state index in [4.69, 9.17) is 4.74 Å². The first-order valence-corrected chi connectivity index (χ1v) is 7.24. The molecule has 1 aromatic carbocycles. The van der Waals surface area contributed by atoms with Crippen molar-refractivity contribution in [1.82, 2.24) is 5.32 Å². The molecule has 0 bridgehead atoms. The fourth-order valence-corrected chi connectivity index (χ4v) is 2.57. The maximum absolute atomic E-state index is 5.07. The van der Waals surface area contributed by atoms with Gasteiger partial charge in [0.1, 0.15) is 0 Å². The monoisotopic (exact) mass is 262 g/mol. The number of aryl methyl sites for hydroxylation is 1. The standard InChI is InChI=1S/C16H26N2O/c1-13-7-8-16(18(2)15-5-4-6-15)14(11-13)12-17-9-10-19-3/h7-8,11,15,17H,4-6,9-10,12H2,1-3H3. The molecule has 0 aromatic heterocycles. The van der Waals surface area contributed by atoms with E-state index in [0.29, 0.717) is 0 Å². The van der Waals surface area contributed by atoms with Gasteiger partial charge in [-0.15, -0.1) is 0 Å². The lowest BCUT2D eigenvalue weighted by molar-refractivity contribution is 0.199. The average molecular weight is 262 g/mol. The predicted molar refractivity (Wildman–Crippen MR) is 80.8 cm³/mol. The highest BCUT2D eigenvalue weighted by Gasteiger charge is 2.23. The van der Waals surface area contributed by atoms with E-state index in [-0.39, 0.29) is 0 Å². The Bertz CT molecular complexity index is 402. The quantitative estimate of drug-likeness (QED) is 0.765. The molecule has 1 fully saturated rings. The van der Waals surface area contributed by atoms with Crippen molar-refractivity contribution in [1.29, 1.82) is 0 Å². The largest absolute Gasteiger partial charge is 0.383 e. The molecule has 0 atom stereocenters. The van der Waals surface area contributed by atoms with Gasteiger partial charge in [0.05, 0.1) is 6.61 Å². The zero-order valence-electron chi connectivity index (χ0n) is 12.4. The Labute approximate surface area is 116 Å². The Hall–Kier alpha value is -1.06. The molecule has 1 N–H and O–H groups in total. The second-order valence-electron chi connectivity index (χ2n) is 5.50. The van der Waals surface area contributed by atoms with Crippen LogP contribution in [0.15, 0.2) is 18.2 Å². The number of ether oxygens (including phenoxy) is 1. The molecule has 106 valence electrons. The van der Waals surface area contributed by atoms with Crippen LogP contribution in [-0.4, -0.2) is 33.4 Å². The lowest BCUT2D eigenvalue weighted by atomic mass is 9.91. The van der Waals surface area contributed by atoms with Crippen molar-refractivity contribution in [3.05, 3.63) is 29.3 Å². The molecule has 0 heterocycles. The summed E-state index contributed by atoms with van der Waals surface area (Å²) in [6.45, 7) is 4.74. The van der Waals surface area contributed by atoms with Crippen molar-refractivity contribution in [2.24, 2.45) is 0 Å². The minimum absolute atomic E-state index is 0.737. The van der Waals surface area contributed by atoms with Crippen LogP contribution in [0.1, 0.15) is 30.4 Å². The van der Waals surface area contributed by atoms with E-state index in [1.807, 2.05) is 0 Å². The third-order valence-corrected chi connectivity index (χ3v) is 4.04. The Morgan fingerprint density at radius 3 is 2.79 bits per heavy atom. The van der Waals surface area contributed by atoms with E-state index in [1.54, 1.807) is 7.11 Å². The van der Waals surface area contributed by atoms with Gasteiger partial charge in [0.2, 0.25) is 0 Å². The second-order valence-corrected chi connectivity index (χ2v) is 5.50. The highest BCUT2D eigenvalue weighted by Crippen LogP contribution is 2.30. The molecule has 0 saturated heterocycles. The SMILES string of the molecule is COCCNCc1cc(C)ccc1N(C)C1CCC1. The van der Waals surface area contributed by atoms with E-state index in [0.717, 1.165) is 25.7 Å². The number of hydrogen-bond acceptors (Lipinski definition) is 3. The molecule has 3 nitrogen and oxygen atoms in total. The summed E-state index contributed by atoms with van der Waals surface area (Å²) in [6, 6.07) is 7.51. The molecular weight excluding hydrogens is 236 g/mol. The first-order chi connectivity index (χ1) is 9.22. The van der Waals surface area contributed by atoms with Crippen LogP contribution in [0.3, 0.4) is 0 Å². The van der Waals surface area contributed by atoms with Crippen LogP contribution >= 0.6 is 0 Å². The molecule has 0 radical (unpaired) electrons. The number of nitrogens with one attached hydrogen (secondary N) is 1. The number of anilines is 1. The number of methoxy groups -OCH3 is 1. The number of benzene rings is 1. The minimum atomic E-state index is 0.737. The third-order valence-electron chi connectivity index (χ3n) is 4.04. The van der Waals surface area contributed by atoms with Gasteiger partial charge in [-0.1, -0.05) is 17.7 Å². The summed E-state index contributed by atoms with van der Waals surface area (Å²) in [5, 5.41) is 3.45. The zero-order chi connectivity index (χ0) is 13.7. The van der Waals surface area contributed by atoms with Crippen molar-refractivity contribution in [2.45, 2.75) is 38.8 Å². The van der Waals surface area contributed by atoms with E-state index in [1.165, 1.54) is 36.1 Å². The number of nitrogens with zero attached hydrogens (tertiary/aromatic N) is 1. The van der Waals surface area contributed by atoms with Gasteiger partial charge in [0, 0.05) is 39.0 Å². The minimum Gasteiger partial charge on any atom is -0.383 e. The average Bonchev–Trinajstić information content (AvgIpc) is 2.32. The predicted octanol–water partition coefficient (Wildman–Crippen LogP) is 2.72. The van der Waals surface area contributed by atoms with Crippen LogP contribution in [0.5, 0.6) is 0 Å². The zero-order valence-corrected chi connectivity index (χ0v) is 12.4. The smallest absolute Gasteiger partial charge is 0.0587 e. The van der Waals surface area contributed by atoms with Crippen molar-refractivity contribution in [2.75, 3.05) is 32.2 Å². The van der Waals surface area contributed by atoms with Crippen molar-refractivity contribution >= 4 is 5.69 Å². The molecule has 3 heteroatoms. The lowest BCUT2D eigenvalue weighted by Gasteiger charge is -2.37. The fourth-order valence-electron chi connectivity index (χ4n) is 2.57. The maximum atomic E-state index is 5.07. The molecule has 1 aliphatic rings. The summed E-state index contributed by atoms with van der Waals surface area (Å²) in [5.74, 6) is 0. The molecule has 0 amide bonds. The van der Waals surface area contributed by atoms with Crippen LogP contribution in [0.4, 0.5) is 5.69 Å². The molecule has 0 aliphatic heterocycles. The lowest BCUT2D eigenvalue weighted by Crippen LogP contribution is -2.38. The first-order valence-electron chi connectivity index (χ1n) is 7.24. The first kappa shape index (κ1) is 14.4. The van der Waals surface area contributed by atoms with Gasteiger partial charge in [-0.25, -0.2) is 0 Å². The Morgan fingerprint density at radius 2 is 2.16 bits per heavy atom. The summed E-state index contributed by atoms with van der Waals surface area (Å²) < 4.78 is 5.07. The Balaban J connectivity index is 2.03. The van der Waals surface area contributed by atoms with Gasteiger partial charge in [-0.2, -0.15) is 0 Å².